The van der Waals surface area contributed by atoms with Gasteiger partial charge in [0, 0.05) is 11.3 Å². The van der Waals surface area contributed by atoms with Crippen molar-refractivity contribution in [2.75, 3.05) is 5.32 Å². The quantitative estimate of drug-likeness (QED) is 0.750. The lowest BCUT2D eigenvalue weighted by Gasteiger charge is -2.03. The molecule has 0 aliphatic rings. The Hall–Kier alpha value is -2.65. The number of aromatic amines is 2. The highest BCUT2D eigenvalue weighted by molar-refractivity contribution is 6.07. The van der Waals surface area contributed by atoms with Crippen molar-refractivity contribution in [3.05, 3.63) is 28.3 Å². The maximum atomic E-state index is 12.4. The van der Waals surface area contributed by atoms with Crippen LogP contribution in [-0.4, -0.2) is 31.9 Å². The number of nitrogens with one attached hydrogen (secondary N) is 3. The smallest absolute Gasteiger partial charge is 0.354 e. The Morgan fingerprint density at radius 1 is 1.30 bits per heavy atom. The van der Waals surface area contributed by atoms with E-state index >= 15 is 0 Å². The van der Waals surface area contributed by atoms with Crippen molar-refractivity contribution in [3.8, 4) is 0 Å². The second kappa shape index (κ2) is 5.86. The summed E-state index contributed by atoms with van der Waals surface area (Å²) in [5, 5.41) is 7.17. The van der Waals surface area contributed by atoms with Gasteiger partial charge in [0.15, 0.2) is 5.78 Å². The van der Waals surface area contributed by atoms with Crippen LogP contribution < -0.4 is 5.32 Å². The van der Waals surface area contributed by atoms with Gasteiger partial charge in [-0.15, -0.1) is 5.10 Å². The van der Waals surface area contributed by atoms with Gasteiger partial charge in [0.25, 0.3) is 5.91 Å². The molecular weight excluding hydrogens is 315 g/mol. The minimum atomic E-state index is -4.69. The monoisotopic (exact) mass is 329 g/mol. The summed E-state index contributed by atoms with van der Waals surface area (Å²) in [6.45, 7) is 4.78. The van der Waals surface area contributed by atoms with Crippen molar-refractivity contribution < 1.29 is 22.8 Å². The zero-order valence-electron chi connectivity index (χ0n) is 12.6. The third-order valence-corrected chi connectivity index (χ3v) is 3.20. The lowest BCUT2D eigenvalue weighted by Crippen LogP contribution is -2.16. The SMILES string of the molecule is CCc1c(C(=O)Nc2n[nH]c(C(F)(F)F)n2)[nH]c(C)c1C(C)=O. The minimum Gasteiger partial charge on any atom is -0.354 e. The number of carbonyl (C=O) groups is 2. The van der Waals surface area contributed by atoms with Crippen LogP contribution in [0.1, 0.15) is 51.8 Å². The predicted octanol–water partition coefficient (Wildman–Crippen LogP) is 2.48. The molecule has 0 atom stereocenters. The number of amides is 1. The fraction of sp³-hybridized carbons (Fsp3) is 0.385. The van der Waals surface area contributed by atoms with E-state index in [9.17, 15) is 22.8 Å². The summed E-state index contributed by atoms with van der Waals surface area (Å²) in [4.78, 5) is 29.8. The van der Waals surface area contributed by atoms with Crippen LogP contribution in [0.2, 0.25) is 0 Å². The zero-order chi connectivity index (χ0) is 17.4. The molecule has 0 radical (unpaired) electrons. The molecule has 0 unspecified atom stereocenters. The average Bonchev–Trinajstić information content (AvgIpc) is 3.01. The maximum absolute atomic E-state index is 12.4. The number of nitrogens with zero attached hydrogens (tertiary/aromatic N) is 2. The van der Waals surface area contributed by atoms with Crippen molar-refractivity contribution in [2.24, 2.45) is 0 Å². The number of aromatic nitrogens is 4. The molecule has 23 heavy (non-hydrogen) atoms. The van der Waals surface area contributed by atoms with Crippen molar-refractivity contribution >= 4 is 17.6 Å². The Labute approximate surface area is 128 Å². The molecule has 0 fully saturated rings. The van der Waals surface area contributed by atoms with Crippen molar-refractivity contribution in [2.45, 2.75) is 33.4 Å². The number of halogens is 3. The second-order valence-electron chi connectivity index (χ2n) is 4.85. The highest BCUT2D eigenvalue weighted by atomic mass is 19.4. The second-order valence-corrected chi connectivity index (χ2v) is 4.85. The average molecular weight is 329 g/mol. The standard InChI is InChI=1S/C13H14F3N5O2/c1-4-7-8(6(3)22)5(2)17-9(7)10(23)18-12-19-11(20-21-12)13(14,15)16/h17H,4H2,1-3H3,(H2,18,19,20,21,23). The lowest BCUT2D eigenvalue weighted by atomic mass is 10.0. The topological polar surface area (TPSA) is 104 Å². The summed E-state index contributed by atoms with van der Waals surface area (Å²) in [5.41, 5.74) is 1.53. The summed E-state index contributed by atoms with van der Waals surface area (Å²) in [7, 11) is 0. The molecule has 124 valence electrons. The first kappa shape index (κ1) is 16.7. The van der Waals surface area contributed by atoms with Gasteiger partial charge in [0.05, 0.1) is 0 Å². The summed E-state index contributed by atoms with van der Waals surface area (Å²) in [5.74, 6) is -2.73. The predicted molar refractivity (Wildman–Crippen MR) is 74.3 cm³/mol. The maximum Gasteiger partial charge on any atom is 0.451 e. The molecule has 0 bridgehead atoms. The van der Waals surface area contributed by atoms with Gasteiger partial charge in [-0.05, 0) is 25.8 Å². The van der Waals surface area contributed by atoms with Crippen molar-refractivity contribution in [1.82, 2.24) is 20.2 Å². The molecule has 0 aromatic carbocycles. The molecule has 0 saturated carbocycles. The van der Waals surface area contributed by atoms with E-state index in [0.717, 1.165) is 0 Å². The van der Waals surface area contributed by atoms with Crippen molar-refractivity contribution in [3.63, 3.8) is 0 Å². The zero-order valence-corrected chi connectivity index (χ0v) is 12.6. The molecule has 2 aromatic rings. The van der Waals surface area contributed by atoms with Crippen LogP contribution in [0, 0.1) is 6.92 Å². The molecule has 2 heterocycles. The third-order valence-electron chi connectivity index (χ3n) is 3.20. The van der Waals surface area contributed by atoms with Crippen LogP contribution in [0.4, 0.5) is 19.1 Å². The van der Waals surface area contributed by atoms with E-state index in [1.54, 1.807) is 18.9 Å². The van der Waals surface area contributed by atoms with Gasteiger partial charge in [-0.3, -0.25) is 20.0 Å². The number of aryl methyl sites for hydroxylation is 1. The number of Topliss-reactive ketones (excluding diaryl/α,β-unsaturated/α-hetero) is 1. The van der Waals surface area contributed by atoms with E-state index in [2.05, 4.69) is 20.4 Å². The number of alkyl halides is 3. The molecule has 7 nitrogen and oxygen atoms in total. The third kappa shape index (κ3) is 3.25. The van der Waals surface area contributed by atoms with Crippen LogP contribution in [0.25, 0.3) is 0 Å². The highest BCUT2D eigenvalue weighted by Crippen LogP contribution is 2.26. The number of anilines is 1. The van der Waals surface area contributed by atoms with E-state index in [1.165, 1.54) is 6.92 Å². The first-order valence-corrected chi connectivity index (χ1v) is 6.68. The Morgan fingerprint density at radius 3 is 2.43 bits per heavy atom. The summed E-state index contributed by atoms with van der Waals surface area (Å²) >= 11 is 0. The van der Waals surface area contributed by atoms with E-state index in [0.29, 0.717) is 23.2 Å². The van der Waals surface area contributed by atoms with E-state index < -0.39 is 23.9 Å². The van der Waals surface area contributed by atoms with Crippen LogP contribution in [0.15, 0.2) is 0 Å². The molecule has 2 aromatic heterocycles. The molecule has 0 spiro atoms. The van der Waals surface area contributed by atoms with Crippen LogP contribution in [0.5, 0.6) is 0 Å². The minimum absolute atomic E-state index is 0.105. The van der Waals surface area contributed by atoms with Gasteiger partial charge in [-0.1, -0.05) is 6.92 Å². The van der Waals surface area contributed by atoms with E-state index in [-0.39, 0.29) is 11.5 Å². The van der Waals surface area contributed by atoms with Gasteiger partial charge in [-0.2, -0.15) is 18.2 Å². The molecule has 10 heteroatoms. The van der Waals surface area contributed by atoms with Gasteiger partial charge >= 0.3 is 6.18 Å². The van der Waals surface area contributed by atoms with Crippen LogP contribution >= 0.6 is 0 Å². The fourth-order valence-electron chi connectivity index (χ4n) is 2.31. The molecule has 0 saturated heterocycles. The number of hydrogen-bond donors (Lipinski definition) is 3. The lowest BCUT2D eigenvalue weighted by molar-refractivity contribution is -0.144. The number of carbonyl (C=O) groups excluding carboxylic acids is 2. The molecule has 0 aliphatic heterocycles. The summed E-state index contributed by atoms with van der Waals surface area (Å²) in [6, 6.07) is 0. The number of rotatable bonds is 4. The Bertz CT molecular complexity index is 760. The highest BCUT2D eigenvalue weighted by Gasteiger charge is 2.35. The van der Waals surface area contributed by atoms with Gasteiger partial charge in [0.2, 0.25) is 11.8 Å². The number of ketones is 1. The molecule has 1 amide bonds. The molecular formula is C13H14F3N5O2. The van der Waals surface area contributed by atoms with Gasteiger partial charge in [-0.25, -0.2) is 0 Å². The van der Waals surface area contributed by atoms with E-state index in [1.807, 2.05) is 0 Å². The molecule has 3 N–H and O–H groups in total. The van der Waals surface area contributed by atoms with Gasteiger partial charge < -0.3 is 4.98 Å². The Kier molecular flexibility index (Phi) is 4.26. The number of H-pyrrole nitrogens is 2. The van der Waals surface area contributed by atoms with E-state index in [4.69, 9.17) is 0 Å². The first-order chi connectivity index (χ1) is 10.6. The number of hydrogen-bond acceptors (Lipinski definition) is 4. The molecule has 0 aliphatic carbocycles. The normalized spacial score (nSPS) is 11.6. The Morgan fingerprint density at radius 2 is 1.96 bits per heavy atom. The van der Waals surface area contributed by atoms with Crippen LogP contribution in [-0.2, 0) is 12.6 Å². The van der Waals surface area contributed by atoms with Crippen molar-refractivity contribution in [1.29, 1.82) is 0 Å². The molecule has 2 rings (SSSR count). The fourth-order valence-corrected chi connectivity index (χ4v) is 2.31. The first-order valence-electron chi connectivity index (χ1n) is 6.68. The van der Waals surface area contributed by atoms with Crippen LogP contribution in [0.3, 0.4) is 0 Å². The summed E-state index contributed by atoms with van der Waals surface area (Å²) < 4.78 is 37.3. The van der Waals surface area contributed by atoms with Gasteiger partial charge in [0.1, 0.15) is 5.69 Å². The summed E-state index contributed by atoms with van der Waals surface area (Å²) in [6.07, 6.45) is -4.28. The Balaban J connectivity index is 2.30. The largest absolute Gasteiger partial charge is 0.451 e.